The van der Waals surface area contributed by atoms with Crippen molar-refractivity contribution in [2.24, 2.45) is 0 Å². The van der Waals surface area contributed by atoms with Gasteiger partial charge in [0.1, 0.15) is 11.5 Å². The number of hydrogen-bond acceptors (Lipinski definition) is 4. The molecule has 1 aromatic carbocycles. The normalized spacial score (nSPS) is 24.6. The van der Waals surface area contributed by atoms with Crippen LogP contribution < -0.4 is 15.4 Å². The Balaban J connectivity index is 1.28. The summed E-state index contributed by atoms with van der Waals surface area (Å²) in [5.74, 6) is 1.83. The van der Waals surface area contributed by atoms with Gasteiger partial charge < -0.3 is 19.8 Å². The third-order valence-electron chi connectivity index (χ3n) is 5.56. The molecule has 3 atom stereocenters. The summed E-state index contributed by atoms with van der Waals surface area (Å²) in [5, 5.41) is 6.08. The fraction of sp³-hybridized carbons (Fsp3) is 0.476. The average molecular weight is 369 g/mol. The van der Waals surface area contributed by atoms with Crippen molar-refractivity contribution in [1.29, 1.82) is 0 Å². The zero-order chi connectivity index (χ0) is 18.6. The first-order chi connectivity index (χ1) is 13.2. The lowest BCUT2D eigenvalue weighted by Gasteiger charge is -2.38. The molecule has 0 spiro atoms. The number of hydrogen-bond donors (Lipinski definition) is 2. The van der Waals surface area contributed by atoms with E-state index < -0.39 is 0 Å². The van der Waals surface area contributed by atoms with Crippen molar-refractivity contribution >= 4 is 11.7 Å². The van der Waals surface area contributed by atoms with Crippen molar-refractivity contribution in [3.8, 4) is 5.75 Å². The maximum Gasteiger partial charge on any atom is 0.319 e. The molecular weight excluding hydrogens is 342 g/mol. The van der Waals surface area contributed by atoms with Gasteiger partial charge in [-0.2, -0.15) is 0 Å². The van der Waals surface area contributed by atoms with E-state index in [4.69, 9.17) is 9.15 Å². The van der Waals surface area contributed by atoms with E-state index in [1.165, 1.54) is 12.8 Å². The minimum Gasteiger partial charge on any atom is -0.494 e. The summed E-state index contributed by atoms with van der Waals surface area (Å²) in [6.45, 7) is 3.45. The van der Waals surface area contributed by atoms with Gasteiger partial charge in [-0.05, 0) is 69.0 Å². The number of benzene rings is 1. The standard InChI is InChI=1S/C21H27N3O3/c1-2-26-19-9-5-15(6-10-19)22-21(25)23-16-12-17-7-8-18(13-16)24(17)14-20-4-3-11-27-20/h3-6,9-11,16-18H,2,7-8,12-14H2,1H3,(H2,22,23,25)/t16?,17-,18+. The number of carbonyl (C=O) groups excluding carboxylic acids is 1. The SMILES string of the molecule is CCOc1ccc(NC(=O)NC2C[C@H]3CC[C@@H](C2)N3Cc2ccco2)cc1. The maximum absolute atomic E-state index is 12.4. The van der Waals surface area contributed by atoms with Crippen LogP contribution in [0.5, 0.6) is 5.75 Å². The lowest BCUT2D eigenvalue weighted by atomic mass is 9.97. The first-order valence-corrected chi connectivity index (χ1v) is 9.79. The van der Waals surface area contributed by atoms with Crippen molar-refractivity contribution in [3.05, 3.63) is 48.4 Å². The van der Waals surface area contributed by atoms with E-state index in [9.17, 15) is 4.79 Å². The van der Waals surface area contributed by atoms with Gasteiger partial charge in [0.2, 0.25) is 0 Å². The molecular formula is C21H27N3O3. The molecule has 2 N–H and O–H groups in total. The number of anilines is 1. The summed E-state index contributed by atoms with van der Waals surface area (Å²) in [7, 11) is 0. The minimum atomic E-state index is -0.136. The number of urea groups is 1. The van der Waals surface area contributed by atoms with Crippen molar-refractivity contribution < 1.29 is 13.9 Å². The zero-order valence-electron chi connectivity index (χ0n) is 15.7. The second kappa shape index (κ2) is 8.05. The van der Waals surface area contributed by atoms with Crippen LogP contribution in [0, 0.1) is 0 Å². The molecule has 0 radical (unpaired) electrons. The molecule has 0 saturated carbocycles. The van der Waals surface area contributed by atoms with E-state index in [-0.39, 0.29) is 12.1 Å². The van der Waals surface area contributed by atoms with E-state index in [0.29, 0.717) is 18.7 Å². The summed E-state index contributed by atoms with van der Waals surface area (Å²) in [6, 6.07) is 12.6. The minimum absolute atomic E-state index is 0.136. The number of carbonyl (C=O) groups is 1. The second-order valence-electron chi connectivity index (χ2n) is 7.36. The summed E-state index contributed by atoms with van der Waals surface area (Å²) < 4.78 is 10.9. The molecule has 2 amide bonds. The van der Waals surface area contributed by atoms with E-state index in [0.717, 1.165) is 36.6 Å². The first kappa shape index (κ1) is 17.9. The van der Waals surface area contributed by atoms with Crippen LogP contribution in [0.3, 0.4) is 0 Å². The number of fused-ring (bicyclic) bond motifs is 2. The molecule has 2 saturated heterocycles. The predicted octanol–water partition coefficient (Wildman–Crippen LogP) is 4.00. The molecule has 0 aliphatic carbocycles. The number of rotatable bonds is 6. The predicted molar refractivity (Wildman–Crippen MR) is 104 cm³/mol. The second-order valence-corrected chi connectivity index (χ2v) is 7.36. The van der Waals surface area contributed by atoms with Gasteiger partial charge in [0.25, 0.3) is 0 Å². The van der Waals surface area contributed by atoms with Crippen LogP contribution >= 0.6 is 0 Å². The van der Waals surface area contributed by atoms with Crippen molar-refractivity contribution in [1.82, 2.24) is 10.2 Å². The van der Waals surface area contributed by atoms with E-state index in [1.807, 2.05) is 43.3 Å². The molecule has 1 unspecified atom stereocenters. The first-order valence-electron chi connectivity index (χ1n) is 9.79. The Morgan fingerprint density at radius 3 is 2.56 bits per heavy atom. The Labute approximate surface area is 159 Å². The van der Waals surface area contributed by atoms with Gasteiger partial charge in [0.05, 0.1) is 19.4 Å². The summed E-state index contributed by atoms with van der Waals surface area (Å²) in [4.78, 5) is 14.9. The van der Waals surface area contributed by atoms with Crippen LogP contribution in [0.1, 0.15) is 38.4 Å². The van der Waals surface area contributed by atoms with Crippen molar-refractivity contribution in [3.63, 3.8) is 0 Å². The smallest absolute Gasteiger partial charge is 0.319 e. The maximum atomic E-state index is 12.4. The summed E-state index contributed by atoms with van der Waals surface area (Å²) >= 11 is 0. The Bertz CT molecular complexity index is 731. The highest BCUT2D eigenvalue weighted by Crippen LogP contribution is 2.36. The molecule has 2 aromatic rings. The highest BCUT2D eigenvalue weighted by atomic mass is 16.5. The van der Waals surface area contributed by atoms with Crippen LogP contribution in [-0.4, -0.2) is 35.7 Å². The van der Waals surface area contributed by atoms with Crippen LogP contribution in [0.2, 0.25) is 0 Å². The highest BCUT2D eigenvalue weighted by Gasteiger charge is 2.41. The molecule has 2 aliphatic heterocycles. The van der Waals surface area contributed by atoms with Crippen molar-refractivity contribution in [2.45, 2.75) is 57.3 Å². The lowest BCUT2D eigenvalue weighted by Crippen LogP contribution is -2.50. The summed E-state index contributed by atoms with van der Waals surface area (Å²) in [6.07, 6.45) is 6.12. The molecule has 6 nitrogen and oxygen atoms in total. The number of piperidine rings is 1. The Hall–Kier alpha value is -2.47. The van der Waals surface area contributed by atoms with Crippen LogP contribution in [0.25, 0.3) is 0 Å². The molecule has 4 rings (SSSR count). The zero-order valence-corrected chi connectivity index (χ0v) is 15.7. The van der Waals surface area contributed by atoms with Crippen molar-refractivity contribution in [2.75, 3.05) is 11.9 Å². The average Bonchev–Trinajstić information content (AvgIpc) is 3.24. The Morgan fingerprint density at radius 1 is 1.19 bits per heavy atom. The van der Waals surface area contributed by atoms with Gasteiger partial charge in [0.15, 0.2) is 0 Å². The number of nitrogens with zero attached hydrogens (tertiary/aromatic N) is 1. The van der Waals surface area contributed by atoms with E-state index in [1.54, 1.807) is 6.26 Å². The number of amides is 2. The molecule has 2 bridgehead atoms. The van der Waals surface area contributed by atoms with Gasteiger partial charge in [-0.15, -0.1) is 0 Å². The third kappa shape index (κ3) is 4.27. The van der Waals surface area contributed by atoms with E-state index >= 15 is 0 Å². The van der Waals surface area contributed by atoms with Crippen LogP contribution in [0.15, 0.2) is 47.1 Å². The topological polar surface area (TPSA) is 66.7 Å². The van der Waals surface area contributed by atoms with Crippen LogP contribution in [-0.2, 0) is 6.54 Å². The van der Waals surface area contributed by atoms with Gasteiger partial charge in [-0.25, -0.2) is 4.79 Å². The molecule has 3 heterocycles. The largest absolute Gasteiger partial charge is 0.494 e. The van der Waals surface area contributed by atoms with Gasteiger partial charge in [-0.3, -0.25) is 4.90 Å². The number of ether oxygens (including phenoxy) is 1. The summed E-state index contributed by atoms with van der Waals surface area (Å²) in [5.41, 5.74) is 0.772. The molecule has 2 fully saturated rings. The van der Waals surface area contributed by atoms with Gasteiger partial charge >= 0.3 is 6.03 Å². The number of furan rings is 1. The number of nitrogens with one attached hydrogen (secondary N) is 2. The lowest BCUT2D eigenvalue weighted by molar-refractivity contribution is 0.104. The third-order valence-corrected chi connectivity index (χ3v) is 5.56. The highest BCUT2D eigenvalue weighted by molar-refractivity contribution is 5.89. The Kier molecular flexibility index (Phi) is 5.34. The molecule has 27 heavy (non-hydrogen) atoms. The quantitative estimate of drug-likeness (QED) is 0.808. The fourth-order valence-electron chi connectivity index (χ4n) is 4.39. The molecule has 144 valence electrons. The van der Waals surface area contributed by atoms with Gasteiger partial charge in [-0.1, -0.05) is 0 Å². The fourth-order valence-corrected chi connectivity index (χ4v) is 4.39. The van der Waals surface area contributed by atoms with Crippen LogP contribution in [0.4, 0.5) is 10.5 Å². The molecule has 6 heteroatoms. The Morgan fingerprint density at radius 2 is 1.93 bits per heavy atom. The van der Waals surface area contributed by atoms with E-state index in [2.05, 4.69) is 15.5 Å². The monoisotopic (exact) mass is 369 g/mol. The van der Waals surface area contributed by atoms with Gasteiger partial charge in [0, 0.05) is 23.8 Å². The molecule has 1 aromatic heterocycles. The molecule has 2 aliphatic rings.